The summed E-state index contributed by atoms with van der Waals surface area (Å²) in [5, 5.41) is 3.96. The second kappa shape index (κ2) is 7.19. The van der Waals surface area contributed by atoms with Crippen molar-refractivity contribution in [2.75, 3.05) is 19.5 Å². The van der Waals surface area contributed by atoms with Crippen molar-refractivity contribution in [2.45, 2.75) is 19.1 Å². The van der Waals surface area contributed by atoms with Gasteiger partial charge >= 0.3 is 0 Å². The molecule has 0 spiro atoms. The topological polar surface area (TPSA) is 57.4 Å². The van der Waals surface area contributed by atoms with Gasteiger partial charge in [0.25, 0.3) is 0 Å². The zero-order chi connectivity index (χ0) is 14.4. The molecule has 1 aromatic heterocycles. The molecule has 0 N–H and O–H groups in total. The van der Waals surface area contributed by atoms with Crippen molar-refractivity contribution in [3.8, 4) is 11.5 Å². The lowest BCUT2D eigenvalue weighted by atomic mass is 10.3. The number of benzene rings is 1. The molecule has 0 aliphatic carbocycles. The molecule has 2 rings (SSSR count). The molecule has 20 heavy (non-hydrogen) atoms. The first kappa shape index (κ1) is 14.7. The minimum absolute atomic E-state index is 0.177. The molecule has 108 valence electrons. The van der Waals surface area contributed by atoms with Crippen molar-refractivity contribution in [1.29, 1.82) is 0 Å². The lowest BCUT2D eigenvalue weighted by Crippen LogP contribution is -2.02. The monoisotopic (exact) mass is 294 g/mol. The van der Waals surface area contributed by atoms with Crippen LogP contribution >= 0.6 is 11.8 Å². The summed E-state index contributed by atoms with van der Waals surface area (Å²) >= 11 is 1.72. The Kier molecular flexibility index (Phi) is 5.29. The molecular weight excluding hydrogens is 276 g/mol. The fraction of sp³-hybridized carbons (Fsp3) is 0.429. The number of thioether (sulfide) groups is 1. The molecule has 1 atom stereocenters. The number of aromatic nitrogens is 2. The Morgan fingerprint density at radius 3 is 2.55 bits per heavy atom. The highest BCUT2D eigenvalue weighted by atomic mass is 32.2. The van der Waals surface area contributed by atoms with E-state index in [9.17, 15) is 0 Å². The van der Waals surface area contributed by atoms with E-state index in [0.717, 1.165) is 17.3 Å². The third-order valence-corrected chi connectivity index (χ3v) is 3.77. The van der Waals surface area contributed by atoms with Gasteiger partial charge in [-0.1, -0.05) is 5.16 Å². The molecule has 2 aromatic rings. The minimum atomic E-state index is 0.177. The van der Waals surface area contributed by atoms with Crippen molar-refractivity contribution in [3.05, 3.63) is 36.0 Å². The van der Waals surface area contributed by atoms with Gasteiger partial charge in [0, 0.05) is 5.75 Å². The van der Waals surface area contributed by atoms with E-state index >= 15 is 0 Å². The molecule has 0 aliphatic heterocycles. The zero-order valence-corrected chi connectivity index (χ0v) is 12.6. The third kappa shape index (κ3) is 4.16. The Balaban J connectivity index is 1.70. The third-order valence-electron chi connectivity index (χ3n) is 2.67. The van der Waals surface area contributed by atoms with Gasteiger partial charge in [-0.2, -0.15) is 4.98 Å². The second-order valence-corrected chi connectivity index (χ2v) is 5.67. The quantitative estimate of drug-likeness (QED) is 0.731. The normalized spacial score (nSPS) is 12.2. The summed E-state index contributed by atoms with van der Waals surface area (Å²) in [7, 11) is 1.65. The van der Waals surface area contributed by atoms with E-state index in [-0.39, 0.29) is 5.25 Å². The lowest BCUT2D eigenvalue weighted by molar-refractivity contribution is 0.342. The van der Waals surface area contributed by atoms with Gasteiger partial charge in [-0.25, -0.2) is 0 Å². The lowest BCUT2D eigenvalue weighted by Gasteiger charge is -2.08. The van der Waals surface area contributed by atoms with E-state index in [1.54, 1.807) is 18.9 Å². The van der Waals surface area contributed by atoms with Gasteiger partial charge in [-0.3, -0.25) is 0 Å². The standard InChI is InChI=1S/C14H18N2O3S/c1-10(14-15-11(2)16-19-14)20-9-8-18-13-6-4-12(17-3)5-7-13/h4-7,10H,8-9H2,1-3H3. The largest absolute Gasteiger partial charge is 0.497 e. The van der Waals surface area contributed by atoms with Crippen LogP contribution in [-0.4, -0.2) is 29.6 Å². The van der Waals surface area contributed by atoms with E-state index in [1.165, 1.54) is 0 Å². The molecular formula is C14H18N2O3S. The Bertz CT molecular complexity index is 527. The summed E-state index contributed by atoms with van der Waals surface area (Å²) in [6, 6.07) is 7.56. The maximum Gasteiger partial charge on any atom is 0.239 e. The highest BCUT2D eigenvalue weighted by Gasteiger charge is 2.12. The summed E-state index contributed by atoms with van der Waals surface area (Å²) in [5.74, 6) is 3.85. The SMILES string of the molecule is COc1ccc(OCCSC(C)c2nc(C)no2)cc1. The van der Waals surface area contributed by atoms with E-state index in [2.05, 4.69) is 10.1 Å². The predicted molar refractivity (Wildman–Crippen MR) is 78.4 cm³/mol. The second-order valence-electron chi connectivity index (χ2n) is 4.22. The molecule has 0 aliphatic rings. The molecule has 1 heterocycles. The van der Waals surface area contributed by atoms with E-state index in [4.69, 9.17) is 14.0 Å². The molecule has 0 saturated carbocycles. The summed E-state index contributed by atoms with van der Waals surface area (Å²) in [5.41, 5.74) is 0. The summed E-state index contributed by atoms with van der Waals surface area (Å²) in [6.07, 6.45) is 0. The van der Waals surface area contributed by atoms with Crippen LogP contribution in [0, 0.1) is 6.92 Å². The molecule has 0 amide bonds. The van der Waals surface area contributed by atoms with Gasteiger partial charge in [-0.05, 0) is 38.1 Å². The first-order valence-electron chi connectivity index (χ1n) is 6.37. The fourth-order valence-corrected chi connectivity index (χ4v) is 2.38. The molecule has 0 radical (unpaired) electrons. The summed E-state index contributed by atoms with van der Waals surface area (Å²) in [4.78, 5) is 4.21. The maximum atomic E-state index is 5.65. The summed E-state index contributed by atoms with van der Waals surface area (Å²) < 4.78 is 15.9. The van der Waals surface area contributed by atoms with Gasteiger partial charge in [-0.15, -0.1) is 11.8 Å². The Morgan fingerprint density at radius 1 is 1.25 bits per heavy atom. The van der Waals surface area contributed by atoms with Crippen LogP contribution in [-0.2, 0) is 0 Å². The van der Waals surface area contributed by atoms with E-state index in [1.807, 2.05) is 38.1 Å². The number of hydrogen-bond acceptors (Lipinski definition) is 6. The average molecular weight is 294 g/mol. The van der Waals surface area contributed by atoms with E-state index in [0.29, 0.717) is 18.3 Å². The fourth-order valence-electron chi connectivity index (χ4n) is 1.61. The number of methoxy groups -OCH3 is 1. The number of nitrogens with zero attached hydrogens (tertiary/aromatic N) is 2. The Morgan fingerprint density at radius 2 is 1.95 bits per heavy atom. The van der Waals surface area contributed by atoms with Crippen LogP contribution in [0.3, 0.4) is 0 Å². The van der Waals surface area contributed by atoms with Gasteiger partial charge in [0.1, 0.15) is 11.5 Å². The number of aryl methyl sites for hydroxylation is 1. The molecule has 0 saturated heterocycles. The predicted octanol–water partition coefficient (Wildman–Crippen LogP) is 3.26. The molecule has 1 unspecified atom stereocenters. The Hall–Kier alpha value is -1.69. The van der Waals surface area contributed by atoms with Gasteiger partial charge in [0.15, 0.2) is 5.82 Å². The van der Waals surface area contributed by atoms with Crippen molar-refractivity contribution in [2.24, 2.45) is 0 Å². The molecule has 0 fully saturated rings. The Labute approximate surface area is 122 Å². The smallest absolute Gasteiger partial charge is 0.239 e. The molecule has 1 aromatic carbocycles. The zero-order valence-electron chi connectivity index (χ0n) is 11.8. The molecule has 0 bridgehead atoms. The van der Waals surface area contributed by atoms with Gasteiger partial charge < -0.3 is 14.0 Å². The van der Waals surface area contributed by atoms with Crippen LogP contribution in [0.2, 0.25) is 0 Å². The van der Waals surface area contributed by atoms with Crippen LogP contribution in [0.5, 0.6) is 11.5 Å². The van der Waals surface area contributed by atoms with Crippen LogP contribution < -0.4 is 9.47 Å². The maximum absolute atomic E-state index is 5.65. The van der Waals surface area contributed by atoms with Crippen molar-refractivity contribution < 1.29 is 14.0 Å². The van der Waals surface area contributed by atoms with Gasteiger partial charge in [0.05, 0.1) is 19.0 Å². The van der Waals surface area contributed by atoms with E-state index < -0.39 is 0 Å². The number of hydrogen-bond donors (Lipinski definition) is 0. The first-order chi connectivity index (χ1) is 9.69. The highest BCUT2D eigenvalue weighted by molar-refractivity contribution is 7.99. The first-order valence-corrected chi connectivity index (χ1v) is 7.42. The number of rotatable bonds is 7. The minimum Gasteiger partial charge on any atom is -0.497 e. The van der Waals surface area contributed by atoms with Crippen molar-refractivity contribution >= 4 is 11.8 Å². The number of ether oxygens (including phenoxy) is 2. The molecule has 6 heteroatoms. The molecule has 5 nitrogen and oxygen atoms in total. The summed E-state index contributed by atoms with van der Waals surface area (Å²) in [6.45, 7) is 4.50. The van der Waals surface area contributed by atoms with Crippen LogP contribution in [0.15, 0.2) is 28.8 Å². The van der Waals surface area contributed by atoms with Crippen LogP contribution in [0.25, 0.3) is 0 Å². The van der Waals surface area contributed by atoms with Crippen LogP contribution in [0.4, 0.5) is 0 Å². The van der Waals surface area contributed by atoms with Crippen molar-refractivity contribution in [3.63, 3.8) is 0 Å². The average Bonchev–Trinajstić information content (AvgIpc) is 2.91. The highest BCUT2D eigenvalue weighted by Crippen LogP contribution is 2.26. The van der Waals surface area contributed by atoms with Crippen LogP contribution in [0.1, 0.15) is 23.9 Å². The van der Waals surface area contributed by atoms with Gasteiger partial charge in [0.2, 0.25) is 5.89 Å². The van der Waals surface area contributed by atoms with Crippen molar-refractivity contribution in [1.82, 2.24) is 10.1 Å².